The minimum atomic E-state index is -0.0828. The molecule has 2 atom stereocenters. The van der Waals surface area contributed by atoms with Crippen molar-refractivity contribution in [2.75, 3.05) is 29.6 Å². The van der Waals surface area contributed by atoms with Crippen molar-refractivity contribution in [1.82, 2.24) is 0 Å². The lowest BCUT2D eigenvalue weighted by molar-refractivity contribution is 0.270. The zero-order chi connectivity index (χ0) is 21.4. The number of anilines is 2. The van der Waals surface area contributed by atoms with Crippen LogP contribution in [0.1, 0.15) is 47.9 Å². The lowest BCUT2D eigenvalue weighted by Crippen LogP contribution is -2.43. The summed E-state index contributed by atoms with van der Waals surface area (Å²) in [5, 5.41) is 3.10. The molecular weight excluding hydrogens is 400 g/mol. The highest BCUT2D eigenvalue weighted by Crippen LogP contribution is 2.52. The highest BCUT2D eigenvalue weighted by Gasteiger charge is 2.41. The van der Waals surface area contributed by atoms with Gasteiger partial charge in [-0.1, -0.05) is 79.3 Å². The molecule has 4 heteroatoms. The molecule has 0 saturated carbocycles. The molecule has 2 heterocycles. The summed E-state index contributed by atoms with van der Waals surface area (Å²) in [6, 6.07) is 26.1. The van der Waals surface area contributed by atoms with E-state index in [1.165, 1.54) is 39.7 Å². The van der Waals surface area contributed by atoms with Gasteiger partial charge in [0.1, 0.15) is 0 Å². The van der Waals surface area contributed by atoms with Gasteiger partial charge < -0.3 is 10.2 Å². The number of amides is 1. The lowest BCUT2D eigenvalue weighted by Gasteiger charge is -2.47. The largest absolute Gasteiger partial charge is 0.371 e. The number of carbonyl (C=O) groups is 1. The Balaban J connectivity index is 1.72. The summed E-state index contributed by atoms with van der Waals surface area (Å²) < 4.78 is 0. The average Bonchev–Trinajstić information content (AvgIpc) is 2.82. The minimum absolute atomic E-state index is 0.0201. The Hall–Kier alpha value is -2.72. The Bertz CT molecular complexity index is 1100. The van der Waals surface area contributed by atoms with Crippen LogP contribution in [0.15, 0.2) is 72.8 Å². The molecule has 2 aliphatic heterocycles. The molecule has 31 heavy (non-hydrogen) atoms. The monoisotopic (exact) mass is 428 g/mol. The van der Waals surface area contributed by atoms with Gasteiger partial charge in [-0.2, -0.15) is 0 Å². The van der Waals surface area contributed by atoms with Crippen molar-refractivity contribution >= 4 is 28.4 Å². The molecule has 5 rings (SSSR count). The Kier molecular flexibility index (Phi) is 5.27. The molecule has 3 nitrogen and oxygen atoms in total. The smallest absolute Gasteiger partial charge is 0.283 e. The van der Waals surface area contributed by atoms with Crippen LogP contribution in [0.4, 0.5) is 16.2 Å². The van der Waals surface area contributed by atoms with E-state index < -0.39 is 0 Å². The number of hydrogen-bond acceptors (Lipinski definition) is 3. The summed E-state index contributed by atoms with van der Waals surface area (Å²) in [6.07, 6.45) is 3.98. The maximum absolute atomic E-state index is 12.3. The first-order valence-electron chi connectivity index (χ1n) is 11.0. The van der Waals surface area contributed by atoms with Crippen LogP contribution in [0.2, 0.25) is 0 Å². The quantitative estimate of drug-likeness (QED) is 0.508. The number of nitrogens with zero attached hydrogens (tertiary/aromatic N) is 1. The SMILES string of the molecule is CSC(=O)Nc1cc2c3c(c1)[C@](C)(c1ccccc1)CCN3CC[C@H]2c1ccccc1. The van der Waals surface area contributed by atoms with Crippen LogP contribution in [-0.2, 0) is 5.41 Å². The standard InChI is InChI=1S/C27H28N2OS/c1-27(20-11-7-4-8-12-20)14-16-29-15-13-22(19-9-5-3-6-10-19)23-17-21(28-26(30)31-2)18-24(27)25(23)29/h3-12,17-18,22H,13-16H2,1-2H3,(H,28,30)/t22-,27-/m0/s1. The van der Waals surface area contributed by atoms with Gasteiger partial charge in [-0.15, -0.1) is 0 Å². The molecular formula is C27H28N2OS. The number of benzene rings is 3. The Morgan fingerprint density at radius 2 is 1.74 bits per heavy atom. The molecule has 0 aromatic heterocycles. The van der Waals surface area contributed by atoms with Gasteiger partial charge in [0.05, 0.1) is 0 Å². The van der Waals surface area contributed by atoms with Crippen molar-refractivity contribution in [1.29, 1.82) is 0 Å². The molecule has 0 aliphatic carbocycles. The molecule has 2 aliphatic rings. The van der Waals surface area contributed by atoms with Crippen molar-refractivity contribution in [3.8, 4) is 0 Å². The molecule has 0 unspecified atom stereocenters. The topological polar surface area (TPSA) is 32.3 Å². The van der Waals surface area contributed by atoms with Gasteiger partial charge in [-0.3, -0.25) is 4.79 Å². The average molecular weight is 429 g/mol. The normalized spacial score (nSPS) is 22.0. The van der Waals surface area contributed by atoms with E-state index in [-0.39, 0.29) is 10.7 Å². The van der Waals surface area contributed by atoms with Crippen molar-refractivity contribution < 1.29 is 4.79 Å². The van der Waals surface area contributed by atoms with Crippen LogP contribution in [0.3, 0.4) is 0 Å². The van der Waals surface area contributed by atoms with Gasteiger partial charge >= 0.3 is 0 Å². The van der Waals surface area contributed by atoms with Crippen LogP contribution in [0.25, 0.3) is 0 Å². The lowest BCUT2D eigenvalue weighted by atomic mass is 9.68. The molecule has 3 aromatic rings. The van der Waals surface area contributed by atoms with Crippen LogP contribution >= 0.6 is 11.8 Å². The summed E-state index contributed by atoms with van der Waals surface area (Å²) in [5.41, 5.74) is 7.56. The van der Waals surface area contributed by atoms with Gasteiger partial charge in [0.25, 0.3) is 5.24 Å². The number of nitrogens with one attached hydrogen (secondary N) is 1. The summed E-state index contributed by atoms with van der Waals surface area (Å²) in [4.78, 5) is 14.8. The van der Waals surface area contributed by atoms with Gasteiger partial charge in [0, 0.05) is 35.8 Å². The first-order chi connectivity index (χ1) is 15.1. The first kappa shape index (κ1) is 20.2. The molecule has 0 radical (unpaired) electrons. The molecule has 0 fully saturated rings. The van der Waals surface area contributed by atoms with E-state index in [0.717, 1.165) is 31.6 Å². The number of hydrogen-bond donors (Lipinski definition) is 1. The van der Waals surface area contributed by atoms with Crippen LogP contribution in [0.5, 0.6) is 0 Å². The summed E-state index contributed by atoms with van der Waals surface area (Å²) >= 11 is 1.22. The highest BCUT2D eigenvalue weighted by atomic mass is 32.2. The van der Waals surface area contributed by atoms with Crippen molar-refractivity contribution in [3.05, 3.63) is 95.1 Å². The van der Waals surface area contributed by atoms with Gasteiger partial charge in [-0.25, -0.2) is 0 Å². The Morgan fingerprint density at radius 1 is 1.03 bits per heavy atom. The number of rotatable bonds is 3. The highest BCUT2D eigenvalue weighted by molar-refractivity contribution is 8.13. The number of carbonyl (C=O) groups excluding carboxylic acids is 1. The zero-order valence-electron chi connectivity index (χ0n) is 18.1. The third-order valence-electron chi connectivity index (χ3n) is 7.04. The van der Waals surface area contributed by atoms with Gasteiger partial charge in [0.15, 0.2) is 0 Å². The summed E-state index contributed by atoms with van der Waals surface area (Å²) in [7, 11) is 0. The fourth-order valence-electron chi connectivity index (χ4n) is 5.34. The summed E-state index contributed by atoms with van der Waals surface area (Å²) in [6.45, 7) is 4.49. The van der Waals surface area contributed by atoms with Crippen molar-refractivity contribution in [2.24, 2.45) is 0 Å². The van der Waals surface area contributed by atoms with E-state index in [2.05, 4.69) is 89.9 Å². The Morgan fingerprint density at radius 3 is 2.45 bits per heavy atom. The molecule has 0 spiro atoms. The molecule has 158 valence electrons. The Labute approximate surface area is 188 Å². The van der Waals surface area contributed by atoms with E-state index in [9.17, 15) is 4.79 Å². The zero-order valence-corrected chi connectivity index (χ0v) is 18.9. The van der Waals surface area contributed by atoms with E-state index in [1.807, 2.05) is 6.26 Å². The van der Waals surface area contributed by atoms with E-state index in [0.29, 0.717) is 5.92 Å². The maximum atomic E-state index is 12.3. The minimum Gasteiger partial charge on any atom is -0.371 e. The van der Waals surface area contributed by atoms with Crippen molar-refractivity contribution in [3.63, 3.8) is 0 Å². The second-order valence-electron chi connectivity index (χ2n) is 8.77. The first-order valence-corrected chi connectivity index (χ1v) is 12.2. The summed E-state index contributed by atoms with van der Waals surface area (Å²) in [5.74, 6) is 0.343. The van der Waals surface area contributed by atoms with Crippen LogP contribution < -0.4 is 10.2 Å². The molecule has 3 aromatic carbocycles. The second kappa shape index (κ2) is 8.08. The molecule has 0 saturated heterocycles. The maximum Gasteiger partial charge on any atom is 0.283 e. The van der Waals surface area contributed by atoms with Crippen LogP contribution in [-0.4, -0.2) is 24.6 Å². The third kappa shape index (κ3) is 3.53. The predicted octanol–water partition coefficient (Wildman–Crippen LogP) is 6.63. The van der Waals surface area contributed by atoms with E-state index in [4.69, 9.17) is 0 Å². The molecule has 1 amide bonds. The predicted molar refractivity (Wildman–Crippen MR) is 132 cm³/mol. The van der Waals surface area contributed by atoms with Gasteiger partial charge in [-0.05, 0) is 53.5 Å². The van der Waals surface area contributed by atoms with E-state index in [1.54, 1.807) is 0 Å². The second-order valence-corrected chi connectivity index (χ2v) is 9.54. The molecule has 1 N–H and O–H groups in total. The fraction of sp³-hybridized carbons (Fsp3) is 0.296. The van der Waals surface area contributed by atoms with Gasteiger partial charge in [0.2, 0.25) is 0 Å². The van der Waals surface area contributed by atoms with E-state index >= 15 is 0 Å². The van der Waals surface area contributed by atoms with Crippen LogP contribution in [0, 0.1) is 0 Å². The molecule has 0 bridgehead atoms. The third-order valence-corrected chi connectivity index (χ3v) is 7.51. The number of thioether (sulfide) groups is 1. The fourth-order valence-corrected chi connectivity index (χ4v) is 5.56. The van der Waals surface area contributed by atoms with Crippen molar-refractivity contribution in [2.45, 2.75) is 31.1 Å².